The van der Waals surface area contributed by atoms with Crippen LogP contribution in [0.1, 0.15) is 0 Å². The normalized spacial score (nSPS) is 17.2. The number of hydrogen-bond acceptors (Lipinski definition) is 6. The summed E-state index contributed by atoms with van der Waals surface area (Å²) < 4.78 is 4.29. The summed E-state index contributed by atoms with van der Waals surface area (Å²) in [5, 5.41) is 3.26. The molecule has 20 heavy (non-hydrogen) atoms. The molecule has 1 aromatic heterocycles. The van der Waals surface area contributed by atoms with Crippen LogP contribution in [0.2, 0.25) is 0 Å². The van der Waals surface area contributed by atoms with Crippen LogP contribution in [0.3, 0.4) is 0 Å². The number of nitrogens with one attached hydrogen (secondary N) is 1. The second-order valence-corrected chi connectivity index (χ2v) is 5.81. The standard InChI is InChI=1S/C14H19N5S/c1-18-7-9-19(10-8-18)16-14-12(13(15)17-20-14)11-5-3-2-4-6-11/h2-6,16H,7-10H2,1H3,(H2,15,17). The third-order valence-corrected chi connectivity index (χ3v) is 4.31. The minimum atomic E-state index is 0.595. The lowest BCUT2D eigenvalue weighted by molar-refractivity contribution is 0.179. The number of benzene rings is 1. The molecule has 6 heteroatoms. The van der Waals surface area contributed by atoms with E-state index in [1.165, 1.54) is 11.5 Å². The number of rotatable bonds is 3. The van der Waals surface area contributed by atoms with E-state index in [1.54, 1.807) is 0 Å². The Morgan fingerprint density at radius 2 is 1.85 bits per heavy atom. The highest BCUT2D eigenvalue weighted by Gasteiger charge is 2.18. The quantitative estimate of drug-likeness (QED) is 0.904. The van der Waals surface area contributed by atoms with Crippen LogP contribution in [0, 0.1) is 0 Å². The Hall–Kier alpha value is -1.63. The summed E-state index contributed by atoms with van der Waals surface area (Å²) in [5.41, 5.74) is 11.6. The summed E-state index contributed by atoms with van der Waals surface area (Å²) in [6.45, 7) is 4.15. The Morgan fingerprint density at radius 1 is 1.15 bits per heavy atom. The molecule has 0 aliphatic carbocycles. The van der Waals surface area contributed by atoms with Crippen LogP contribution in [-0.4, -0.2) is 47.5 Å². The Labute approximate surface area is 123 Å². The predicted octanol–water partition coefficient (Wildman–Crippen LogP) is 1.97. The van der Waals surface area contributed by atoms with Crippen molar-refractivity contribution in [1.82, 2.24) is 14.3 Å². The van der Waals surface area contributed by atoms with Crippen LogP contribution >= 0.6 is 11.5 Å². The van der Waals surface area contributed by atoms with Crippen molar-refractivity contribution in [2.45, 2.75) is 0 Å². The molecule has 0 bridgehead atoms. The summed E-state index contributed by atoms with van der Waals surface area (Å²) in [5.74, 6) is 0.595. The number of piperazine rings is 1. The molecule has 1 aliphatic heterocycles. The third-order valence-electron chi connectivity index (χ3n) is 3.54. The van der Waals surface area contributed by atoms with Crippen LogP contribution in [0.4, 0.5) is 10.8 Å². The summed E-state index contributed by atoms with van der Waals surface area (Å²) in [6.07, 6.45) is 0. The molecule has 0 atom stereocenters. The van der Waals surface area contributed by atoms with Crippen LogP contribution in [-0.2, 0) is 0 Å². The Balaban J connectivity index is 1.81. The fourth-order valence-electron chi connectivity index (χ4n) is 2.32. The zero-order chi connectivity index (χ0) is 13.9. The highest BCUT2D eigenvalue weighted by molar-refractivity contribution is 7.11. The van der Waals surface area contributed by atoms with Gasteiger partial charge in [0.05, 0.1) is 5.56 Å². The summed E-state index contributed by atoms with van der Waals surface area (Å²) >= 11 is 1.42. The summed E-state index contributed by atoms with van der Waals surface area (Å²) in [7, 11) is 2.15. The minimum absolute atomic E-state index is 0.595. The van der Waals surface area contributed by atoms with Crippen LogP contribution in [0.25, 0.3) is 11.1 Å². The van der Waals surface area contributed by atoms with Gasteiger partial charge in [-0.25, -0.2) is 5.01 Å². The number of hydrogen-bond donors (Lipinski definition) is 2. The fourth-order valence-corrected chi connectivity index (χ4v) is 3.09. The van der Waals surface area contributed by atoms with Crippen molar-refractivity contribution in [3.63, 3.8) is 0 Å². The van der Waals surface area contributed by atoms with Crippen molar-refractivity contribution >= 4 is 22.4 Å². The van der Waals surface area contributed by atoms with Crippen molar-refractivity contribution in [1.29, 1.82) is 0 Å². The van der Waals surface area contributed by atoms with E-state index in [0.717, 1.165) is 42.3 Å². The molecule has 0 saturated carbocycles. The van der Waals surface area contributed by atoms with E-state index in [9.17, 15) is 0 Å². The molecule has 0 spiro atoms. The first-order chi connectivity index (χ1) is 9.74. The maximum Gasteiger partial charge on any atom is 0.147 e. The van der Waals surface area contributed by atoms with Gasteiger partial charge in [-0.05, 0) is 24.1 Å². The predicted molar refractivity (Wildman–Crippen MR) is 84.7 cm³/mol. The van der Waals surface area contributed by atoms with Crippen molar-refractivity contribution in [3.05, 3.63) is 30.3 Å². The molecule has 2 heterocycles. The lowest BCUT2D eigenvalue weighted by Gasteiger charge is -2.32. The van der Waals surface area contributed by atoms with Gasteiger partial charge in [-0.3, -0.25) is 0 Å². The van der Waals surface area contributed by atoms with E-state index in [0.29, 0.717) is 5.82 Å². The lowest BCUT2D eigenvalue weighted by atomic mass is 10.1. The van der Waals surface area contributed by atoms with E-state index in [-0.39, 0.29) is 0 Å². The smallest absolute Gasteiger partial charge is 0.147 e. The third kappa shape index (κ3) is 2.77. The molecule has 2 aromatic rings. The zero-order valence-electron chi connectivity index (χ0n) is 11.5. The first kappa shape index (κ1) is 13.4. The molecule has 1 aromatic carbocycles. The number of likely N-dealkylation sites (N-methyl/N-ethyl adjacent to an activating group) is 1. The van der Waals surface area contributed by atoms with Crippen molar-refractivity contribution < 1.29 is 0 Å². The van der Waals surface area contributed by atoms with Gasteiger partial charge in [0, 0.05) is 26.2 Å². The number of nitrogens with zero attached hydrogens (tertiary/aromatic N) is 3. The lowest BCUT2D eigenvalue weighted by Crippen LogP contribution is -2.46. The van der Waals surface area contributed by atoms with Crippen LogP contribution in [0.5, 0.6) is 0 Å². The number of aromatic nitrogens is 1. The minimum Gasteiger partial charge on any atom is -0.382 e. The molecule has 1 saturated heterocycles. The molecular formula is C14H19N5S. The molecule has 5 nitrogen and oxygen atoms in total. The van der Waals surface area contributed by atoms with E-state index < -0.39 is 0 Å². The van der Waals surface area contributed by atoms with Gasteiger partial charge in [0.2, 0.25) is 0 Å². The molecule has 0 amide bonds. The van der Waals surface area contributed by atoms with Gasteiger partial charge in [0.1, 0.15) is 10.8 Å². The average Bonchev–Trinajstić information content (AvgIpc) is 2.83. The van der Waals surface area contributed by atoms with E-state index >= 15 is 0 Å². The van der Waals surface area contributed by atoms with Gasteiger partial charge < -0.3 is 16.1 Å². The summed E-state index contributed by atoms with van der Waals surface area (Å²) in [4.78, 5) is 2.33. The SMILES string of the molecule is CN1CCN(Nc2snc(N)c2-c2ccccc2)CC1. The average molecular weight is 289 g/mol. The summed E-state index contributed by atoms with van der Waals surface area (Å²) in [6, 6.07) is 10.2. The van der Waals surface area contributed by atoms with Gasteiger partial charge in [0.25, 0.3) is 0 Å². The van der Waals surface area contributed by atoms with Crippen LogP contribution < -0.4 is 11.2 Å². The second kappa shape index (κ2) is 5.78. The number of hydrazine groups is 1. The van der Waals surface area contributed by atoms with E-state index in [4.69, 9.17) is 5.73 Å². The first-order valence-electron chi connectivity index (χ1n) is 6.75. The molecule has 0 radical (unpaired) electrons. The topological polar surface area (TPSA) is 57.4 Å². The molecule has 3 rings (SSSR count). The maximum atomic E-state index is 6.03. The highest BCUT2D eigenvalue weighted by Crippen LogP contribution is 2.36. The second-order valence-electron chi connectivity index (χ2n) is 5.04. The van der Waals surface area contributed by atoms with Crippen molar-refractivity contribution in [3.8, 4) is 11.1 Å². The Morgan fingerprint density at radius 3 is 2.55 bits per heavy atom. The maximum absolute atomic E-state index is 6.03. The molecule has 106 valence electrons. The Kier molecular flexibility index (Phi) is 3.86. The number of nitrogen functional groups attached to an aromatic ring is 1. The zero-order valence-corrected chi connectivity index (χ0v) is 12.4. The molecule has 0 unspecified atom stereocenters. The van der Waals surface area contributed by atoms with E-state index in [1.807, 2.05) is 18.2 Å². The molecular weight excluding hydrogens is 270 g/mol. The Bertz CT molecular complexity index is 560. The molecule has 1 fully saturated rings. The largest absolute Gasteiger partial charge is 0.382 e. The highest BCUT2D eigenvalue weighted by atomic mass is 32.1. The van der Waals surface area contributed by atoms with Crippen molar-refractivity contribution in [2.24, 2.45) is 0 Å². The number of nitrogens with two attached hydrogens (primary N) is 1. The monoisotopic (exact) mass is 289 g/mol. The molecule has 3 N–H and O–H groups in total. The van der Waals surface area contributed by atoms with Gasteiger partial charge >= 0.3 is 0 Å². The van der Waals surface area contributed by atoms with E-state index in [2.05, 4.69) is 38.9 Å². The molecule has 1 aliphatic rings. The fraction of sp³-hybridized carbons (Fsp3) is 0.357. The van der Waals surface area contributed by atoms with Crippen LogP contribution in [0.15, 0.2) is 30.3 Å². The number of anilines is 2. The van der Waals surface area contributed by atoms with Gasteiger partial charge in [-0.15, -0.1) is 0 Å². The van der Waals surface area contributed by atoms with Gasteiger partial charge in [-0.2, -0.15) is 4.37 Å². The van der Waals surface area contributed by atoms with Crippen molar-refractivity contribution in [2.75, 3.05) is 44.4 Å². The first-order valence-corrected chi connectivity index (χ1v) is 7.52. The van der Waals surface area contributed by atoms with Gasteiger partial charge in [0.15, 0.2) is 0 Å². The van der Waals surface area contributed by atoms with Gasteiger partial charge in [-0.1, -0.05) is 30.3 Å².